The first kappa shape index (κ1) is 11.5. The number of rotatable bonds is 2. The van der Waals surface area contributed by atoms with Crippen molar-refractivity contribution < 1.29 is 14.7 Å². The van der Waals surface area contributed by atoms with Crippen LogP contribution in [0.5, 0.6) is 0 Å². The molecule has 1 aromatic heterocycles. The molecule has 1 aromatic carbocycles. The molecule has 17 heavy (non-hydrogen) atoms. The Kier molecular flexibility index (Phi) is 2.81. The van der Waals surface area contributed by atoms with Crippen LogP contribution in [-0.4, -0.2) is 21.8 Å². The maximum Gasteiger partial charge on any atom is 0.354 e. The van der Waals surface area contributed by atoms with Crippen molar-refractivity contribution in [1.82, 2.24) is 4.98 Å². The highest BCUT2D eigenvalue weighted by Crippen LogP contribution is 2.23. The fourth-order valence-electron chi connectivity index (χ4n) is 1.60. The number of nitrogens with zero attached hydrogens (tertiary/aromatic N) is 1. The number of pyridine rings is 1. The van der Waals surface area contributed by atoms with E-state index in [4.69, 9.17) is 16.7 Å². The van der Waals surface area contributed by atoms with Gasteiger partial charge in [-0.25, -0.2) is 9.78 Å². The third kappa shape index (κ3) is 2.12. The van der Waals surface area contributed by atoms with Gasteiger partial charge in [0.1, 0.15) is 5.69 Å². The van der Waals surface area contributed by atoms with E-state index in [-0.39, 0.29) is 11.5 Å². The Morgan fingerprint density at radius 3 is 2.59 bits per heavy atom. The van der Waals surface area contributed by atoms with Gasteiger partial charge < -0.3 is 5.11 Å². The number of halogens is 1. The summed E-state index contributed by atoms with van der Waals surface area (Å²) < 4.78 is 0. The Bertz CT molecular complexity index is 637. The van der Waals surface area contributed by atoms with Crippen molar-refractivity contribution in [3.63, 3.8) is 0 Å². The third-order valence-electron chi connectivity index (χ3n) is 2.37. The summed E-state index contributed by atoms with van der Waals surface area (Å²) in [4.78, 5) is 26.3. The second-order valence-electron chi connectivity index (χ2n) is 3.58. The van der Waals surface area contributed by atoms with E-state index in [0.29, 0.717) is 21.5 Å². The minimum absolute atomic E-state index is 0.148. The second-order valence-corrected chi connectivity index (χ2v) is 4.01. The molecule has 0 aliphatic rings. The number of ketones is 1. The lowest BCUT2D eigenvalue weighted by Gasteiger charge is -2.05. The summed E-state index contributed by atoms with van der Waals surface area (Å²) in [6.45, 7) is 1.38. The van der Waals surface area contributed by atoms with Gasteiger partial charge in [-0.2, -0.15) is 0 Å². The summed E-state index contributed by atoms with van der Waals surface area (Å²) in [5.74, 6) is -1.38. The molecule has 0 amide bonds. The van der Waals surface area contributed by atoms with Gasteiger partial charge >= 0.3 is 5.97 Å². The van der Waals surface area contributed by atoms with Gasteiger partial charge in [0.2, 0.25) is 0 Å². The Labute approximate surface area is 102 Å². The van der Waals surface area contributed by atoms with Crippen molar-refractivity contribution in [3.8, 4) is 0 Å². The van der Waals surface area contributed by atoms with Crippen LogP contribution in [0.2, 0.25) is 5.02 Å². The molecule has 86 valence electrons. The molecular weight excluding hydrogens is 242 g/mol. The molecule has 0 aliphatic carbocycles. The molecule has 0 radical (unpaired) electrons. The molecule has 0 spiro atoms. The molecule has 4 nitrogen and oxygen atoms in total. The highest BCUT2D eigenvalue weighted by Gasteiger charge is 2.13. The lowest BCUT2D eigenvalue weighted by atomic mass is 10.0. The number of fused-ring (bicyclic) bond motifs is 1. The zero-order valence-corrected chi connectivity index (χ0v) is 9.65. The predicted molar refractivity (Wildman–Crippen MR) is 63.7 cm³/mol. The SMILES string of the molecule is CC(=O)c1cc(C(=O)O)nc2ccc(Cl)cc12. The lowest BCUT2D eigenvalue weighted by molar-refractivity contribution is 0.0691. The van der Waals surface area contributed by atoms with Crippen molar-refractivity contribution in [2.45, 2.75) is 6.92 Å². The molecule has 1 N–H and O–H groups in total. The molecule has 0 bridgehead atoms. The van der Waals surface area contributed by atoms with E-state index >= 15 is 0 Å². The molecule has 1 heterocycles. The second kappa shape index (κ2) is 4.14. The number of carbonyl (C=O) groups is 2. The number of aromatic carboxylic acids is 1. The molecular formula is C12H8ClNO3. The molecule has 5 heteroatoms. The summed E-state index contributed by atoms with van der Waals surface area (Å²) >= 11 is 5.84. The monoisotopic (exact) mass is 249 g/mol. The van der Waals surface area contributed by atoms with Crippen LogP contribution in [0.25, 0.3) is 10.9 Å². The zero-order chi connectivity index (χ0) is 12.6. The van der Waals surface area contributed by atoms with Crippen LogP contribution in [0, 0.1) is 0 Å². The lowest BCUT2D eigenvalue weighted by Crippen LogP contribution is -2.04. The number of carbonyl (C=O) groups excluding carboxylic acids is 1. The molecule has 0 saturated carbocycles. The smallest absolute Gasteiger partial charge is 0.354 e. The van der Waals surface area contributed by atoms with Gasteiger partial charge in [0.25, 0.3) is 0 Å². The molecule has 2 rings (SSSR count). The van der Waals surface area contributed by atoms with E-state index in [1.54, 1.807) is 18.2 Å². The van der Waals surface area contributed by atoms with Gasteiger partial charge in [-0.1, -0.05) is 11.6 Å². The largest absolute Gasteiger partial charge is 0.477 e. The van der Waals surface area contributed by atoms with Gasteiger partial charge in [0.15, 0.2) is 5.78 Å². The first-order valence-corrected chi connectivity index (χ1v) is 5.21. The van der Waals surface area contributed by atoms with Crippen molar-refractivity contribution in [1.29, 1.82) is 0 Å². The zero-order valence-electron chi connectivity index (χ0n) is 8.90. The number of benzene rings is 1. The number of Topliss-reactive ketones (excluding diaryl/α,β-unsaturated/α-hetero) is 1. The van der Waals surface area contributed by atoms with E-state index in [2.05, 4.69) is 4.98 Å². The van der Waals surface area contributed by atoms with E-state index in [0.717, 1.165) is 0 Å². The molecule has 0 unspecified atom stereocenters. The van der Waals surface area contributed by atoms with Gasteiger partial charge in [-0.15, -0.1) is 0 Å². The minimum atomic E-state index is -1.16. The standard InChI is InChI=1S/C12H8ClNO3/c1-6(15)8-5-11(12(16)17)14-10-3-2-7(13)4-9(8)10/h2-5H,1H3,(H,16,17). The van der Waals surface area contributed by atoms with Gasteiger partial charge in [0.05, 0.1) is 5.52 Å². The summed E-state index contributed by atoms with van der Waals surface area (Å²) in [6, 6.07) is 6.07. The van der Waals surface area contributed by atoms with Crippen LogP contribution < -0.4 is 0 Å². The topological polar surface area (TPSA) is 67.3 Å². The van der Waals surface area contributed by atoms with Gasteiger partial charge in [0, 0.05) is 16.0 Å². The van der Waals surface area contributed by atoms with Gasteiger partial charge in [-0.05, 0) is 31.2 Å². The average Bonchev–Trinajstić information content (AvgIpc) is 2.27. The van der Waals surface area contributed by atoms with Crippen LogP contribution in [0.15, 0.2) is 24.3 Å². The van der Waals surface area contributed by atoms with Crippen LogP contribution >= 0.6 is 11.6 Å². The number of carboxylic acid groups (broad SMARTS) is 1. The highest BCUT2D eigenvalue weighted by atomic mass is 35.5. The first-order valence-electron chi connectivity index (χ1n) is 4.83. The maximum absolute atomic E-state index is 11.5. The average molecular weight is 250 g/mol. The number of hydrogen-bond acceptors (Lipinski definition) is 3. The first-order chi connectivity index (χ1) is 7.99. The van der Waals surface area contributed by atoms with Crippen molar-refractivity contribution in [3.05, 3.63) is 40.5 Å². The Hall–Kier alpha value is -1.94. The van der Waals surface area contributed by atoms with Crippen LogP contribution in [0.4, 0.5) is 0 Å². The molecule has 0 atom stereocenters. The number of hydrogen-bond donors (Lipinski definition) is 1. The van der Waals surface area contributed by atoms with E-state index in [9.17, 15) is 9.59 Å². The fourth-order valence-corrected chi connectivity index (χ4v) is 1.77. The van der Waals surface area contributed by atoms with Crippen LogP contribution in [0.1, 0.15) is 27.8 Å². The maximum atomic E-state index is 11.5. The van der Waals surface area contributed by atoms with Crippen LogP contribution in [0.3, 0.4) is 0 Å². The van der Waals surface area contributed by atoms with E-state index < -0.39 is 5.97 Å². The molecule has 2 aromatic rings. The fraction of sp³-hybridized carbons (Fsp3) is 0.0833. The van der Waals surface area contributed by atoms with Crippen molar-refractivity contribution in [2.24, 2.45) is 0 Å². The normalized spacial score (nSPS) is 10.5. The summed E-state index contributed by atoms with van der Waals surface area (Å²) in [5.41, 5.74) is 0.611. The summed E-state index contributed by atoms with van der Waals surface area (Å²) in [6.07, 6.45) is 0. The predicted octanol–water partition coefficient (Wildman–Crippen LogP) is 2.79. The Morgan fingerprint density at radius 1 is 1.29 bits per heavy atom. The van der Waals surface area contributed by atoms with Gasteiger partial charge in [-0.3, -0.25) is 4.79 Å². The van der Waals surface area contributed by atoms with E-state index in [1.807, 2.05) is 0 Å². The van der Waals surface area contributed by atoms with Crippen LogP contribution in [-0.2, 0) is 0 Å². The molecule has 0 fully saturated rings. The Balaban J connectivity index is 2.86. The summed E-state index contributed by atoms with van der Waals surface area (Å²) in [5, 5.41) is 9.95. The number of carboxylic acids is 1. The van der Waals surface area contributed by atoms with Crippen molar-refractivity contribution in [2.75, 3.05) is 0 Å². The van der Waals surface area contributed by atoms with E-state index in [1.165, 1.54) is 13.0 Å². The molecule has 0 aliphatic heterocycles. The van der Waals surface area contributed by atoms with Crippen molar-refractivity contribution >= 4 is 34.3 Å². The summed E-state index contributed by atoms with van der Waals surface area (Å²) in [7, 11) is 0. The minimum Gasteiger partial charge on any atom is -0.477 e. The molecule has 0 saturated heterocycles. The third-order valence-corrected chi connectivity index (χ3v) is 2.60. The highest BCUT2D eigenvalue weighted by molar-refractivity contribution is 6.31. The quantitative estimate of drug-likeness (QED) is 0.831. The number of aromatic nitrogens is 1. The Morgan fingerprint density at radius 2 is 2.00 bits per heavy atom.